The minimum Gasteiger partial charge on any atom is -0.474 e. The molecule has 1 aromatic carbocycles. The SMILES string of the molecule is CNC(=O)C[C@@H](NC(=O)c1cccnc1OC(C)C)c1ccccc1. The topological polar surface area (TPSA) is 80.3 Å². The Morgan fingerprint density at radius 1 is 1.12 bits per heavy atom. The summed E-state index contributed by atoms with van der Waals surface area (Å²) < 4.78 is 5.60. The molecule has 2 rings (SSSR count). The Bertz CT molecular complexity index is 717. The number of hydrogen-bond donors (Lipinski definition) is 2. The highest BCUT2D eigenvalue weighted by Gasteiger charge is 2.21. The second kappa shape index (κ2) is 8.82. The van der Waals surface area contributed by atoms with E-state index in [0.717, 1.165) is 5.56 Å². The maximum atomic E-state index is 12.7. The number of benzene rings is 1. The van der Waals surface area contributed by atoms with Gasteiger partial charge in [0.1, 0.15) is 5.56 Å². The van der Waals surface area contributed by atoms with E-state index in [2.05, 4.69) is 15.6 Å². The van der Waals surface area contributed by atoms with Crippen molar-refractivity contribution in [3.8, 4) is 5.88 Å². The molecule has 0 aliphatic heterocycles. The van der Waals surface area contributed by atoms with Crippen molar-refractivity contribution in [2.45, 2.75) is 32.4 Å². The first-order chi connectivity index (χ1) is 12.0. The van der Waals surface area contributed by atoms with Crippen LogP contribution < -0.4 is 15.4 Å². The number of pyridine rings is 1. The molecule has 1 atom stereocenters. The van der Waals surface area contributed by atoms with Gasteiger partial charge in [0.2, 0.25) is 11.8 Å². The van der Waals surface area contributed by atoms with Gasteiger partial charge >= 0.3 is 0 Å². The maximum absolute atomic E-state index is 12.7. The predicted octanol–water partition coefficient (Wildman–Crippen LogP) is 2.48. The Morgan fingerprint density at radius 2 is 1.84 bits per heavy atom. The largest absolute Gasteiger partial charge is 0.474 e. The molecule has 2 aromatic rings. The summed E-state index contributed by atoms with van der Waals surface area (Å²) in [5, 5.41) is 5.50. The molecule has 1 heterocycles. The monoisotopic (exact) mass is 341 g/mol. The molecule has 1 aromatic heterocycles. The van der Waals surface area contributed by atoms with Crippen LogP contribution in [0.5, 0.6) is 5.88 Å². The van der Waals surface area contributed by atoms with Crippen molar-refractivity contribution >= 4 is 11.8 Å². The summed E-state index contributed by atoms with van der Waals surface area (Å²) >= 11 is 0. The summed E-state index contributed by atoms with van der Waals surface area (Å²) in [4.78, 5) is 28.7. The van der Waals surface area contributed by atoms with Crippen LogP contribution >= 0.6 is 0 Å². The van der Waals surface area contributed by atoms with E-state index in [-0.39, 0.29) is 30.2 Å². The van der Waals surface area contributed by atoms with Gasteiger partial charge in [-0.3, -0.25) is 9.59 Å². The zero-order chi connectivity index (χ0) is 18.2. The van der Waals surface area contributed by atoms with Crippen molar-refractivity contribution in [1.82, 2.24) is 15.6 Å². The van der Waals surface area contributed by atoms with Gasteiger partial charge in [0.05, 0.1) is 18.6 Å². The molecule has 25 heavy (non-hydrogen) atoms. The Balaban J connectivity index is 2.24. The highest BCUT2D eigenvalue weighted by molar-refractivity contribution is 5.96. The average molecular weight is 341 g/mol. The fraction of sp³-hybridized carbons (Fsp3) is 0.316. The molecule has 6 nitrogen and oxygen atoms in total. The van der Waals surface area contributed by atoms with Gasteiger partial charge in [-0.05, 0) is 31.5 Å². The number of carbonyl (C=O) groups is 2. The highest BCUT2D eigenvalue weighted by Crippen LogP contribution is 2.20. The van der Waals surface area contributed by atoms with E-state index in [9.17, 15) is 9.59 Å². The standard InChI is InChI=1S/C19H23N3O3/c1-13(2)25-19-15(10-7-11-21-19)18(24)22-16(12-17(23)20-3)14-8-5-4-6-9-14/h4-11,13,16H,12H2,1-3H3,(H,20,23)(H,22,24)/t16-/m1/s1. The van der Waals surface area contributed by atoms with Crippen LogP contribution in [0.4, 0.5) is 0 Å². The van der Waals surface area contributed by atoms with Crippen LogP contribution in [0.3, 0.4) is 0 Å². The molecule has 2 amide bonds. The van der Waals surface area contributed by atoms with E-state index in [1.54, 1.807) is 25.4 Å². The summed E-state index contributed by atoms with van der Waals surface area (Å²) in [6.07, 6.45) is 1.62. The lowest BCUT2D eigenvalue weighted by molar-refractivity contribution is -0.121. The maximum Gasteiger partial charge on any atom is 0.257 e. The van der Waals surface area contributed by atoms with E-state index in [4.69, 9.17) is 4.74 Å². The molecule has 0 fully saturated rings. The van der Waals surface area contributed by atoms with Crippen molar-refractivity contribution < 1.29 is 14.3 Å². The van der Waals surface area contributed by atoms with Crippen LogP contribution in [0.25, 0.3) is 0 Å². The number of ether oxygens (including phenoxy) is 1. The molecule has 2 N–H and O–H groups in total. The minimum atomic E-state index is -0.444. The molecule has 132 valence electrons. The Labute approximate surface area is 147 Å². The van der Waals surface area contributed by atoms with E-state index < -0.39 is 6.04 Å². The fourth-order valence-electron chi connectivity index (χ4n) is 2.34. The van der Waals surface area contributed by atoms with Gasteiger partial charge in [-0.25, -0.2) is 4.98 Å². The summed E-state index contributed by atoms with van der Waals surface area (Å²) in [6.45, 7) is 3.74. The zero-order valence-corrected chi connectivity index (χ0v) is 14.7. The van der Waals surface area contributed by atoms with Gasteiger partial charge in [0.25, 0.3) is 5.91 Å². The molecular formula is C19H23N3O3. The Hall–Kier alpha value is -2.89. The molecule has 0 saturated carbocycles. The van der Waals surface area contributed by atoms with E-state index in [1.807, 2.05) is 44.2 Å². The number of carbonyl (C=O) groups excluding carboxylic acids is 2. The average Bonchev–Trinajstić information content (AvgIpc) is 2.61. The number of amides is 2. The summed E-state index contributed by atoms with van der Waals surface area (Å²) in [7, 11) is 1.57. The first-order valence-electron chi connectivity index (χ1n) is 8.19. The molecular weight excluding hydrogens is 318 g/mol. The quantitative estimate of drug-likeness (QED) is 0.811. The zero-order valence-electron chi connectivity index (χ0n) is 14.7. The first kappa shape index (κ1) is 18.4. The van der Waals surface area contributed by atoms with Crippen LogP contribution in [0.15, 0.2) is 48.7 Å². The van der Waals surface area contributed by atoms with Gasteiger partial charge in [-0.15, -0.1) is 0 Å². The molecule has 6 heteroatoms. The van der Waals surface area contributed by atoms with Gasteiger partial charge in [0, 0.05) is 13.2 Å². The van der Waals surface area contributed by atoms with E-state index >= 15 is 0 Å². The third-order valence-electron chi connectivity index (χ3n) is 3.54. The predicted molar refractivity (Wildman–Crippen MR) is 95.3 cm³/mol. The van der Waals surface area contributed by atoms with Crippen molar-refractivity contribution in [2.24, 2.45) is 0 Å². The fourth-order valence-corrected chi connectivity index (χ4v) is 2.34. The van der Waals surface area contributed by atoms with Crippen molar-refractivity contribution in [3.63, 3.8) is 0 Å². The van der Waals surface area contributed by atoms with Gasteiger partial charge < -0.3 is 15.4 Å². The summed E-state index contributed by atoms with van der Waals surface area (Å²) in [5.74, 6) is -0.206. The summed E-state index contributed by atoms with van der Waals surface area (Å²) in [6, 6.07) is 12.3. The van der Waals surface area contributed by atoms with Crippen LogP contribution in [0.1, 0.15) is 42.2 Å². The molecule has 0 aliphatic carbocycles. The minimum absolute atomic E-state index is 0.0998. The molecule has 0 aliphatic rings. The lowest BCUT2D eigenvalue weighted by Gasteiger charge is -2.19. The summed E-state index contributed by atoms with van der Waals surface area (Å²) in [5.41, 5.74) is 1.20. The third-order valence-corrected chi connectivity index (χ3v) is 3.54. The Morgan fingerprint density at radius 3 is 2.48 bits per heavy atom. The van der Waals surface area contributed by atoms with Crippen molar-refractivity contribution in [3.05, 3.63) is 59.8 Å². The van der Waals surface area contributed by atoms with Crippen LogP contribution in [-0.2, 0) is 4.79 Å². The molecule has 0 unspecified atom stereocenters. The smallest absolute Gasteiger partial charge is 0.257 e. The number of hydrogen-bond acceptors (Lipinski definition) is 4. The van der Waals surface area contributed by atoms with E-state index in [0.29, 0.717) is 5.56 Å². The number of aromatic nitrogens is 1. The van der Waals surface area contributed by atoms with E-state index in [1.165, 1.54) is 0 Å². The second-order valence-corrected chi connectivity index (χ2v) is 5.84. The first-order valence-corrected chi connectivity index (χ1v) is 8.19. The lowest BCUT2D eigenvalue weighted by Crippen LogP contribution is -2.33. The molecule has 0 bridgehead atoms. The normalized spacial score (nSPS) is 11.7. The molecule has 0 spiro atoms. The van der Waals surface area contributed by atoms with Crippen molar-refractivity contribution in [1.29, 1.82) is 0 Å². The second-order valence-electron chi connectivity index (χ2n) is 5.84. The lowest BCUT2D eigenvalue weighted by atomic mass is 10.0. The van der Waals surface area contributed by atoms with Gasteiger partial charge in [-0.1, -0.05) is 30.3 Å². The number of rotatable bonds is 7. The van der Waals surface area contributed by atoms with Gasteiger partial charge in [0.15, 0.2) is 0 Å². The molecule has 0 radical (unpaired) electrons. The third kappa shape index (κ3) is 5.31. The van der Waals surface area contributed by atoms with Crippen LogP contribution in [0, 0.1) is 0 Å². The van der Waals surface area contributed by atoms with Crippen molar-refractivity contribution in [2.75, 3.05) is 7.05 Å². The van der Waals surface area contributed by atoms with Crippen LogP contribution in [0.2, 0.25) is 0 Å². The number of nitrogens with zero attached hydrogens (tertiary/aromatic N) is 1. The number of nitrogens with one attached hydrogen (secondary N) is 2. The highest BCUT2D eigenvalue weighted by atomic mass is 16.5. The van der Waals surface area contributed by atoms with Crippen LogP contribution in [-0.4, -0.2) is 29.9 Å². The Kier molecular flexibility index (Phi) is 6.51. The van der Waals surface area contributed by atoms with Gasteiger partial charge in [-0.2, -0.15) is 0 Å². The molecule has 0 saturated heterocycles.